The highest BCUT2D eigenvalue weighted by atomic mass is 32.2. The molecule has 164 valence electrons. The van der Waals surface area contributed by atoms with E-state index in [2.05, 4.69) is 15.3 Å². The van der Waals surface area contributed by atoms with Crippen LogP contribution in [0.3, 0.4) is 0 Å². The van der Waals surface area contributed by atoms with Crippen LogP contribution in [0.5, 0.6) is 5.75 Å². The SMILES string of the molecule is CCOc1ccc(-c2csc(NC(=O)CSC3=NC(=O)CN3C(C)=O)n2)c2ccccc12. The second-order valence-electron chi connectivity index (χ2n) is 6.86. The molecular formula is C22H20N4O4S2. The van der Waals surface area contributed by atoms with Crippen LogP contribution in [0.4, 0.5) is 5.13 Å². The molecule has 0 fully saturated rings. The van der Waals surface area contributed by atoms with Gasteiger partial charge >= 0.3 is 0 Å². The number of aromatic nitrogens is 1. The number of carbonyl (C=O) groups is 3. The van der Waals surface area contributed by atoms with Gasteiger partial charge in [0, 0.05) is 23.3 Å². The molecule has 1 aromatic heterocycles. The number of rotatable bonds is 6. The summed E-state index contributed by atoms with van der Waals surface area (Å²) in [5, 5.41) is 7.40. The van der Waals surface area contributed by atoms with Gasteiger partial charge in [-0.25, -0.2) is 4.98 Å². The highest BCUT2D eigenvalue weighted by Crippen LogP contribution is 2.35. The maximum absolute atomic E-state index is 12.4. The van der Waals surface area contributed by atoms with Crippen LogP contribution in [0.25, 0.3) is 22.0 Å². The van der Waals surface area contributed by atoms with Gasteiger partial charge in [-0.2, -0.15) is 4.99 Å². The van der Waals surface area contributed by atoms with Crippen LogP contribution in [-0.2, 0) is 14.4 Å². The smallest absolute Gasteiger partial charge is 0.268 e. The Balaban J connectivity index is 1.46. The summed E-state index contributed by atoms with van der Waals surface area (Å²) in [4.78, 5) is 45.1. The predicted octanol–water partition coefficient (Wildman–Crippen LogP) is 3.78. The maximum Gasteiger partial charge on any atom is 0.268 e. The van der Waals surface area contributed by atoms with Crippen molar-refractivity contribution >= 4 is 61.9 Å². The van der Waals surface area contributed by atoms with E-state index in [1.165, 1.54) is 23.2 Å². The van der Waals surface area contributed by atoms with E-state index >= 15 is 0 Å². The molecule has 10 heteroatoms. The lowest BCUT2D eigenvalue weighted by Gasteiger charge is -2.13. The maximum atomic E-state index is 12.4. The van der Waals surface area contributed by atoms with Gasteiger partial charge in [0.1, 0.15) is 12.3 Å². The lowest BCUT2D eigenvalue weighted by atomic mass is 10.0. The number of thioether (sulfide) groups is 1. The van der Waals surface area contributed by atoms with Crippen LogP contribution in [-0.4, -0.2) is 51.7 Å². The number of aliphatic imine (C=N–C) groups is 1. The molecular weight excluding hydrogens is 448 g/mol. The number of thiazole rings is 1. The monoisotopic (exact) mass is 468 g/mol. The molecule has 2 heterocycles. The first-order valence-electron chi connectivity index (χ1n) is 9.89. The fraction of sp³-hybridized carbons (Fsp3) is 0.227. The van der Waals surface area contributed by atoms with Gasteiger partial charge in [-0.1, -0.05) is 36.0 Å². The van der Waals surface area contributed by atoms with E-state index < -0.39 is 5.91 Å². The average molecular weight is 469 g/mol. The van der Waals surface area contributed by atoms with Crippen LogP contribution in [0.15, 0.2) is 46.8 Å². The quantitative estimate of drug-likeness (QED) is 0.591. The van der Waals surface area contributed by atoms with Gasteiger partial charge in [-0.3, -0.25) is 19.3 Å². The molecule has 0 atom stereocenters. The van der Waals surface area contributed by atoms with Gasteiger partial charge in [-0.05, 0) is 24.4 Å². The molecule has 0 aliphatic carbocycles. The predicted molar refractivity (Wildman–Crippen MR) is 127 cm³/mol. The lowest BCUT2D eigenvalue weighted by Crippen LogP contribution is -2.32. The van der Waals surface area contributed by atoms with Crippen molar-refractivity contribution in [2.45, 2.75) is 13.8 Å². The number of amides is 3. The first-order chi connectivity index (χ1) is 15.5. The topological polar surface area (TPSA) is 101 Å². The minimum Gasteiger partial charge on any atom is -0.493 e. The van der Waals surface area contributed by atoms with Crippen LogP contribution >= 0.6 is 23.1 Å². The zero-order valence-electron chi connectivity index (χ0n) is 17.5. The number of anilines is 1. The van der Waals surface area contributed by atoms with Gasteiger partial charge < -0.3 is 10.1 Å². The second-order valence-corrected chi connectivity index (χ2v) is 8.66. The first kappa shape index (κ1) is 22.0. The van der Waals surface area contributed by atoms with E-state index in [9.17, 15) is 14.4 Å². The number of fused-ring (bicyclic) bond motifs is 1. The standard InChI is InChI=1S/C22H20N4O4S2/c1-3-30-18-9-8-15(14-6-4-5-7-16(14)18)17-11-31-21(23-17)24-20(29)12-32-22-25-19(28)10-26(22)13(2)27/h4-9,11H,3,10,12H2,1-2H3,(H,23,24,29). The van der Waals surface area contributed by atoms with Crippen LogP contribution in [0, 0.1) is 0 Å². The molecule has 0 unspecified atom stereocenters. The van der Waals surface area contributed by atoms with E-state index in [-0.39, 0.29) is 29.3 Å². The van der Waals surface area contributed by atoms with Crippen molar-refractivity contribution in [3.8, 4) is 17.0 Å². The fourth-order valence-electron chi connectivity index (χ4n) is 3.28. The lowest BCUT2D eigenvalue weighted by molar-refractivity contribution is -0.127. The Labute approximate surface area is 192 Å². The highest BCUT2D eigenvalue weighted by molar-refractivity contribution is 8.14. The molecule has 1 aliphatic heterocycles. The minimum atomic E-state index is -0.393. The molecule has 0 spiro atoms. The first-order valence-corrected chi connectivity index (χ1v) is 11.8. The molecule has 32 heavy (non-hydrogen) atoms. The molecule has 1 aliphatic rings. The molecule has 0 radical (unpaired) electrons. The number of benzene rings is 2. The average Bonchev–Trinajstić information content (AvgIpc) is 3.39. The molecule has 8 nitrogen and oxygen atoms in total. The van der Waals surface area contributed by atoms with Crippen molar-refractivity contribution in [3.63, 3.8) is 0 Å². The van der Waals surface area contributed by atoms with Gasteiger partial charge in [0.05, 0.1) is 18.1 Å². The van der Waals surface area contributed by atoms with Crippen LogP contribution < -0.4 is 10.1 Å². The Morgan fingerprint density at radius 1 is 1.22 bits per heavy atom. The Morgan fingerprint density at radius 2 is 2.00 bits per heavy atom. The van der Waals surface area contributed by atoms with Gasteiger partial charge in [0.25, 0.3) is 5.91 Å². The van der Waals surface area contributed by atoms with Gasteiger partial charge in [-0.15, -0.1) is 11.3 Å². The summed E-state index contributed by atoms with van der Waals surface area (Å²) in [6, 6.07) is 11.9. The van der Waals surface area contributed by atoms with Crippen molar-refractivity contribution < 1.29 is 19.1 Å². The summed E-state index contributed by atoms with van der Waals surface area (Å²) in [6.45, 7) is 3.81. The zero-order chi connectivity index (χ0) is 22.7. The molecule has 4 rings (SSSR count). The van der Waals surface area contributed by atoms with E-state index in [4.69, 9.17) is 4.74 Å². The third kappa shape index (κ3) is 4.66. The van der Waals surface area contributed by atoms with E-state index in [1.54, 1.807) is 0 Å². The summed E-state index contributed by atoms with van der Waals surface area (Å²) < 4.78 is 5.73. The summed E-state index contributed by atoms with van der Waals surface area (Å²) in [6.07, 6.45) is 0. The highest BCUT2D eigenvalue weighted by Gasteiger charge is 2.27. The number of amidine groups is 1. The third-order valence-corrected chi connectivity index (χ3v) is 6.40. The Kier molecular flexibility index (Phi) is 6.52. The zero-order valence-corrected chi connectivity index (χ0v) is 19.1. The normalized spacial score (nSPS) is 13.4. The molecule has 3 amide bonds. The molecule has 3 aromatic rings. The molecule has 1 N–H and O–H groups in total. The number of nitrogens with one attached hydrogen (secondary N) is 1. The Morgan fingerprint density at radius 3 is 2.75 bits per heavy atom. The second kappa shape index (κ2) is 9.49. The Hall–Kier alpha value is -3.24. The largest absolute Gasteiger partial charge is 0.493 e. The molecule has 2 aromatic carbocycles. The fourth-order valence-corrected chi connectivity index (χ4v) is 4.85. The number of nitrogens with zero attached hydrogens (tertiary/aromatic N) is 3. The van der Waals surface area contributed by atoms with Crippen molar-refractivity contribution in [1.82, 2.24) is 9.88 Å². The summed E-state index contributed by atoms with van der Waals surface area (Å²) >= 11 is 2.38. The third-order valence-electron chi connectivity index (χ3n) is 4.67. The molecule has 0 saturated heterocycles. The van der Waals surface area contributed by atoms with Crippen LogP contribution in [0.1, 0.15) is 13.8 Å². The number of hydrogen-bond acceptors (Lipinski definition) is 7. The summed E-state index contributed by atoms with van der Waals surface area (Å²) in [7, 11) is 0. The van der Waals surface area contributed by atoms with Crippen LogP contribution in [0.2, 0.25) is 0 Å². The molecule has 0 bridgehead atoms. The Bertz CT molecular complexity index is 1240. The van der Waals surface area contributed by atoms with E-state index in [1.807, 2.05) is 48.7 Å². The van der Waals surface area contributed by atoms with Crippen molar-refractivity contribution in [2.24, 2.45) is 4.99 Å². The minimum absolute atomic E-state index is 0.0107. The van der Waals surface area contributed by atoms with Crippen molar-refractivity contribution in [1.29, 1.82) is 0 Å². The van der Waals surface area contributed by atoms with Crippen molar-refractivity contribution in [2.75, 3.05) is 24.2 Å². The number of carbonyl (C=O) groups excluding carboxylic acids is 3. The number of hydrogen-bond donors (Lipinski definition) is 1. The van der Waals surface area contributed by atoms with Crippen molar-refractivity contribution in [3.05, 3.63) is 41.8 Å². The molecule has 0 saturated carbocycles. The number of ether oxygens (including phenoxy) is 1. The van der Waals surface area contributed by atoms with E-state index in [0.717, 1.165) is 39.5 Å². The summed E-state index contributed by atoms with van der Waals surface area (Å²) in [5.74, 6) is -0.139. The van der Waals surface area contributed by atoms with E-state index in [0.29, 0.717) is 11.7 Å². The van der Waals surface area contributed by atoms with Gasteiger partial charge in [0.15, 0.2) is 10.3 Å². The van der Waals surface area contributed by atoms with Gasteiger partial charge in [0.2, 0.25) is 11.8 Å². The summed E-state index contributed by atoms with van der Waals surface area (Å²) in [5.41, 5.74) is 1.71.